The molecule has 0 bridgehead atoms. The maximum atomic E-state index is 11.1. The summed E-state index contributed by atoms with van der Waals surface area (Å²) < 4.78 is 15.0. The second kappa shape index (κ2) is 18.0. The predicted molar refractivity (Wildman–Crippen MR) is 136 cm³/mol. The van der Waals surface area contributed by atoms with Gasteiger partial charge in [0.1, 0.15) is 34.8 Å². The number of aromatic hydroxyl groups is 1. The van der Waals surface area contributed by atoms with Crippen LogP contribution in [0.5, 0.6) is 23.0 Å². The van der Waals surface area contributed by atoms with Crippen LogP contribution in [0.2, 0.25) is 0 Å². The Morgan fingerprint density at radius 1 is 0.818 bits per heavy atom. The molecule has 8 nitrogen and oxygen atoms in total. The van der Waals surface area contributed by atoms with E-state index in [2.05, 4.69) is 10.6 Å². The van der Waals surface area contributed by atoms with E-state index in [0.29, 0.717) is 28.6 Å². The molecule has 33 heavy (non-hydrogen) atoms. The van der Waals surface area contributed by atoms with Crippen LogP contribution in [0.4, 0.5) is 11.4 Å². The predicted octanol–water partition coefficient (Wildman–Crippen LogP) is 5.15. The van der Waals surface area contributed by atoms with Crippen molar-refractivity contribution in [3.63, 3.8) is 0 Å². The number of phenolic OH excluding ortho intramolecular Hbond substituents is 1. The number of ether oxygens (including phenoxy) is 3. The molecule has 2 aromatic carbocycles. The Morgan fingerprint density at radius 2 is 1.24 bits per heavy atom. The summed E-state index contributed by atoms with van der Waals surface area (Å²) in [5, 5.41) is 14.5. The number of anilines is 2. The fraction of sp³-hybridized carbons (Fsp3) is 0.263. The lowest BCUT2D eigenvalue weighted by molar-refractivity contribution is -0.114. The number of alkyl halides is 2. The van der Waals surface area contributed by atoms with E-state index in [9.17, 15) is 14.7 Å². The summed E-state index contributed by atoms with van der Waals surface area (Å²) >= 11 is 8.95. The number of hydrogen-bond donors (Lipinski definition) is 3. The number of halogens is 5. The standard InChI is InChI=1S/C10H12ClNO3.C9H10ClNO3.Al.3ClH/c1-14-7-3-4-8(9(5-7)15-2)12-10(13)6-11;1-14-6-2-3-7(8(12)4-6)11-9(13)5-10;;;;/h3-5H,6H2,1-2H3,(H,12,13);2-4,12H,5H2,1H3,(H,11,13);;3*1H/q;;+3;;;/p-3. The topological polar surface area (TPSA) is 106 Å². The Hall–Kier alpha value is -1.44. The Bertz CT molecular complexity index is 889. The van der Waals surface area contributed by atoms with E-state index in [1.165, 1.54) is 20.3 Å². The van der Waals surface area contributed by atoms with Crippen molar-refractivity contribution in [3.8, 4) is 23.0 Å². The van der Waals surface area contributed by atoms with Gasteiger partial charge >= 0.3 is 11.4 Å². The first kappa shape index (κ1) is 31.6. The first-order valence-corrected chi connectivity index (χ1v) is 15.1. The fourth-order valence-electron chi connectivity index (χ4n) is 2.01. The van der Waals surface area contributed by atoms with Crippen molar-refractivity contribution < 1.29 is 28.9 Å². The summed E-state index contributed by atoms with van der Waals surface area (Å²) in [4.78, 5) is 22.0. The highest BCUT2D eigenvalue weighted by Crippen LogP contribution is 2.29. The Labute approximate surface area is 218 Å². The molecule has 0 unspecified atom stereocenters. The van der Waals surface area contributed by atoms with E-state index in [1.54, 1.807) is 37.4 Å². The molecule has 0 saturated carbocycles. The SMILES string of the molecule is COc1ccc(NC(=O)CCl)c(O)c1.COc1ccc(NC(=O)CCl)c(OC)c1.[Cl][Al]([Cl])[Cl]. The quantitative estimate of drug-likeness (QED) is 0.239. The van der Waals surface area contributed by atoms with Gasteiger partial charge in [0.05, 0.1) is 32.7 Å². The number of amides is 2. The number of hydrogen-bond acceptors (Lipinski definition) is 6. The van der Waals surface area contributed by atoms with Crippen LogP contribution in [0.1, 0.15) is 0 Å². The molecule has 3 N–H and O–H groups in total. The third-order valence-corrected chi connectivity index (χ3v) is 3.89. The normalized spacial score (nSPS) is 9.21. The van der Waals surface area contributed by atoms with Gasteiger partial charge in [-0.25, -0.2) is 30.1 Å². The molecule has 0 aliphatic heterocycles. The summed E-state index contributed by atoms with van der Waals surface area (Å²) in [6.45, 7) is 0. The molecule has 0 radical (unpaired) electrons. The minimum Gasteiger partial charge on any atom is -0.506 e. The first-order chi connectivity index (χ1) is 15.6. The lowest BCUT2D eigenvalue weighted by atomic mass is 10.2. The molecule has 0 fully saturated rings. The van der Waals surface area contributed by atoms with Crippen LogP contribution in [-0.4, -0.2) is 61.4 Å². The molecule has 0 saturated heterocycles. The minimum absolute atomic E-state index is 0.0529. The van der Waals surface area contributed by atoms with Crippen LogP contribution in [0, 0.1) is 0 Å². The Morgan fingerprint density at radius 3 is 1.64 bits per heavy atom. The molecule has 0 atom stereocenters. The lowest BCUT2D eigenvalue weighted by Crippen LogP contribution is -2.13. The van der Waals surface area contributed by atoms with Crippen molar-refractivity contribution >= 4 is 87.9 Å². The Balaban J connectivity index is 0.000000536. The number of benzene rings is 2. The zero-order valence-corrected chi connectivity index (χ0v) is 22.8. The van der Waals surface area contributed by atoms with Gasteiger partial charge in [-0.05, 0) is 24.3 Å². The number of rotatable bonds is 7. The molecular formula is C19H22AlCl5N2O6. The van der Waals surface area contributed by atoms with Crippen LogP contribution in [0.3, 0.4) is 0 Å². The van der Waals surface area contributed by atoms with Crippen LogP contribution < -0.4 is 24.8 Å². The highest BCUT2D eigenvalue weighted by atomic mass is 35.8. The molecule has 2 rings (SSSR count). The number of carbonyl (C=O) groups excluding carboxylic acids is 2. The maximum absolute atomic E-state index is 11.1. The second-order valence-corrected chi connectivity index (χ2v) is 12.5. The lowest BCUT2D eigenvalue weighted by Gasteiger charge is -2.10. The third kappa shape index (κ3) is 13.8. The average molecular weight is 579 g/mol. The molecule has 2 amide bonds. The van der Waals surface area contributed by atoms with Crippen molar-refractivity contribution in [2.75, 3.05) is 43.7 Å². The van der Waals surface area contributed by atoms with Gasteiger partial charge in [-0.3, -0.25) is 9.59 Å². The van der Waals surface area contributed by atoms with E-state index in [4.69, 9.17) is 67.6 Å². The zero-order chi connectivity index (χ0) is 25.4. The molecule has 14 heteroatoms. The van der Waals surface area contributed by atoms with E-state index in [0.717, 1.165) is 0 Å². The van der Waals surface area contributed by atoms with Gasteiger partial charge < -0.3 is 30.0 Å². The van der Waals surface area contributed by atoms with Gasteiger partial charge in [-0.15, -0.1) is 23.2 Å². The molecule has 0 aromatic heterocycles. The average Bonchev–Trinajstić information content (AvgIpc) is 2.80. The maximum Gasteiger partial charge on any atom is 0.643 e. The molecule has 2 aromatic rings. The van der Waals surface area contributed by atoms with Crippen molar-refractivity contribution in [2.45, 2.75) is 0 Å². The van der Waals surface area contributed by atoms with E-state index < -0.39 is 11.4 Å². The third-order valence-electron chi connectivity index (χ3n) is 3.40. The van der Waals surface area contributed by atoms with Gasteiger partial charge in [0.15, 0.2) is 0 Å². The summed E-state index contributed by atoms with van der Waals surface area (Å²) in [6.07, 6.45) is 0. The van der Waals surface area contributed by atoms with Crippen LogP contribution >= 0.6 is 53.3 Å². The van der Waals surface area contributed by atoms with Crippen molar-refractivity contribution in [3.05, 3.63) is 36.4 Å². The zero-order valence-electron chi connectivity index (χ0n) is 17.8. The summed E-state index contributed by atoms with van der Waals surface area (Å²) in [7, 11) is 19.4. The molecule has 0 spiro atoms. The van der Waals surface area contributed by atoms with Gasteiger partial charge in [0.25, 0.3) is 0 Å². The fourth-order valence-corrected chi connectivity index (χ4v) is 2.15. The molecule has 0 heterocycles. The summed E-state index contributed by atoms with van der Waals surface area (Å²) in [6, 6.07) is 9.68. The van der Waals surface area contributed by atoms with Gasteiger partial charge in [-0.2, -0.15) is 0 Å². The number of nitrogens with one attached hydrogen (secondary N) is 2. The highest BCUT2D eigenvalue weighted by Gasteiger charge is 2.08. The van der Waals surface area contributed by atoms with Gasteiger partial charge in [0, 0.05) is 12.1 Å². The molecular weight excluding hydrogens is 556 g/mol. The van der Waals surface area contributed by atoms with Gasteiger partial charge in [-0.1, -0.05) is 0 Å². The monoisotopic (exact) mass is 576 g/mol. The number of carbonyl (C=O) groups is 2. The largest absolute Gasteiger partial charge is 0.643 e. The van der Waals surface area contributed by atoms with Crippen LogP contribution in [-0.2, 0) is 9.59 Å². The molecule has 0 aliphatic carbocycles. The van der Waals surface area contributed by atoms with Gasteiger partial charge in [0.2, 0.25) is 11.8 Å². The van der Waals surface area contributed by atoms with Crippen LogP contribution in [0.25, 0.3) is 0 Å². The van der Waals surface area contributed by atoms with Crippen LogP contribution in [0.15, 0.2) is 36.4 Å². The highest BCUT2D eigenvalue weighted by molar-refractivity contribution is 7.54. The number of methoxy groups -OCH3 is 3. The van der Waals surface area contributed by atoms with E-state index in [-0.39, 0.29) is 29.3 Å². The van der Waals surface area contributed by atoms with Crippen molar-refractivity contribution in [1.29, 1.82) is 0 Å². The summed E-state index contributed by atoms with van der Waals surface area (Å²) in [5.74, 6) is 0.783. The van der Waals surface area contributed by atoms with Crippen molar-refractivity contribution in [2.24, 2.45) is 0 Å². The van der Waals surface area contributed by atoms with E-state index >= 15 is 0 Å². The summed E-state index contributed by atoms with van der Waals surface area (Å²) in [5.41, 5.74) is 0.889. The van der Waals surface area contributed by atoms with Crippen molar-refractivity contribution in [1.82, 2.24) is 0 Å². The Kier molecular flexibility index (Phi) is 17.2. The smallest absolute Gasteiger partial charge is 0.506 e. The minimum atomic E-state index is -1.72. The molecule has 182 valence electrons. The second-order valence-electron chi connectivity index (χ2n) is 5.56. The number of phenols is 1. The van der Waals surface area contributed by atoms with E-state index in [1.807, 2.05) is 0 Å². The molecule has 0 aliphatic rings. The first-order valence-electron chi connectivity index (χ1n) is 8.84.